The van der Waals surface area contributed by atoms with Crippen LogP contribution in [0, 0.1) is 0 Å². The van der Waals surface area contributed by atoms with Gasteiger partial charge in [-0.25, -0.2) is 0 Å². The Morgan fingerprint density at radius 2 is 1.96 bits per heavy atom. The van der Waals surface area contributed by atoms with Gasteiger partial charge in [-0.05, 0) is 18.2 Å². The molecular formula is C19H16O5. The summed E-state index contributed by atoms with van der Waals surface area (Å²) >= 11 is 0. The first-order valence-corrected chi connectivity index (χ1v) is 7.61. The molecular weight excluding hydrogens is 308 g/mol. The highest BCUT2D eigenvalue weighted by Gasteiger charge is 2.32. The van der Waals surface area contributed by atoms with Gasteiger partial charge < -0.3 is 18.6 Å². The van der Waals surface area contributed by atoms with Crippen molar-refractivity contribution in [3.63, 3.8) is 0 Å². The van der Waals surface area contributed by atoms with Crippen molar-refractivity contribution in [2.24, 2.45) is 0 Å². The molecule has 2 heterocycles. The third-order valence-electron chi connectivity index (χ3n) is 4.36. The predicted molar refractivity (Wildman–Crippen MR) is 88.3 cm³/mol. The molecule has 0 saturated carbocycles. The Hall–Kier alpha value is -2.95. The maximum atomic E-state index is 13.0. The summed E-state index contributed by atoms with van der Waals surface area (Å²) in [5.41, 5.74) is 2.07. The number of carbonyl (C=O) groups excluding carboxylic acids is 1. The molecule has 5 nitrogen and oxygen atoms in total. The monoisotopic (exact) mass is 324 g/mol. The molecule has 24 heavy (non-hydrogen) atoms. The van der Waals surface area contributed by atoms with Gasteiger partial charge in [0.25, 0.3) is 0 Å². The number of ether oxygens (including phenoxy) is 3. The lowest BCUT2D eigenvalue weighted by molar-refractivity contribution is 0.0894. The first-order valence-electron chi connectivity index (χ1n) is 7.61. The van der Waals surface area contributed by atoms with Gasteiger partial charge in [0.1, 0.15) is 29.4 Å². The van der Waals surface area contributed by atoms with E-state index >= 15 is 0 Å². The van der Waals surface area contributed by atoms with Crippen molar-refractivity contribution >= 4 is 16.8 Å². The molecule has 1 atom stereocenters. The average Bonchev–Trinajstić information content (AvgIpc) is 3.07. The number of fused-ring (bicyclic) bond motifs is 2. The summed E-state index contributed by atoms with van der Waals surface area (Å²) in [6.45, 7) is 0.265. The van der Waals surface area contributed by atoms with Crippen LogP contribution in [0.4, 0.5) is 0 Å². The summed E-state index contributed by atoms with van der Waals surface area (Å²) < 4.78 is 21.8. The second-order valence-electron chi connectivity index (χ2n) is 5.64. The fourth-order valence-corrected chi connectivity index (χ4v) is 3.08. The van der Waals surface area contributed by atoms with Crippen LogP contribution in [-0.2, 0) is 0 Å². The van der Waals surface area contributed by atoms with Gasteiger partial charge in [0.15, 0.2) is 5.78 Å². The molecule has 3 aromatic rings. The van der Waals surface area contributed by atoms with Crippen LogP contribution >= 0.6 is 0 Å². The molecule has 5 heteroatoms. The molecule has 0 saturated heterocycles. The number of hydrogen-bond acceptors (Lipinski definition) is 5. The third-order valence-corrected chi connectivity index (χ3v) is 4.36. The minimum Gasteiger partial charge on any atom is -0.497 e. The molecule has 122 valence electrons. The fourth-order valence-electron chi connectivity index (χ4n) is 3.08. The number of benzene rings is 2. The van der Waals surface area contributed by atoms with Crippen LogP contribution in [0.25, 0.3) is 11.0 Å². The van der Waals surface area contributed by atoms with E-state index in [0.29, 0.717) is 28.4 Å². The standard InChI is InChI=1S/C19H16O5/c1-21-12-3-4-13(17(8-12)22-2)15-10-24-18-9-16-11(5-6-23-16)7-14(18)19(15)20/h3-9,15H,10H2,1-2H3/t15-/m0/s1. The van der Waals surface area contributed by atoms with Gasteiger partial charge in [0, 0.05) is 23.1 Å². The number of Topliss-reactive ketones (excluding diaryl/α,β-unsaturated/α-hetero) is 1. The second kappa shape index (κ2) is 5.60. The minimum atomic E-state index is -0.414. The molecule has 0 fully saturated rings. The van der Waals surface area contributed by atoms with Gasteiger partial charge in [0.2, 0.25) is 0 Å². The molecule has 1 aliphatic heterocycles. The number of carbonyl (C=O) groups is 1. The molecule has 2 aromatic carbocycles. The fraction of sp³-hybridized carbons (Fsp3) is 0.211. The smallest absolute Gasteiger partial charge is 0.177 e. The Labute approximate surface area is 138 Å². The largest absolute Gasteiger partial charge is 0.497 e. The maximum Gasteiger partial charge on any atom is 0.177 e. The van der Waals surface area contributed by atoms with E-state index in [1.54, 1.807) is 32.6 Å². The van der Waals surface area contributed by atoms with Crippen LogP contribution in [-0.4, -0.2) is 26.6 Å². The van der Waals surface area contributed by atoms with Crippen LogP contribution in [0.15, 0.2) is 47.1 Å². The molecule has 0 amide bonds. The maximum absolute atomic E-state index is 13.0. The van der Waals surface area contributed by atoms with Crippen molar-refractivity contribution in [1.29, 1.82) is 0 Å². The first kappa shape index (κ1) is 14.6. The third kappa shape index (κ3) is 2.21. The molecule has 1 aliphatic rings. The summed E-state index contributed by atoms with van der Waals surface area (Å²) in [4.78, 5) is 13.0. The van der Waals surface area contributed by atoms with E-state index in [1.807, 2.05) is 24.3 Å². The number of ketones is 1. The molecule has 0 bridgehead atoms. The van der Waals surface area contributed by atoms with Crippen LogP contribution in [0.5, 0.6) is 17.2 Å². The van der Waals surface area contributed by atoms with Crippen LogP contribution < -0.4 is 14.2 Å². The van der Waals surface area contributed by atoms with Gasteiger partial charge in [-0.3, -0.25) is 4.79 Å². The highest BCUT2D eigenvalue weighted by Crippen LogP contribution is 2.39. The summed E-state index contributed by atoms with van der Waals surface area (Å²) in [6, 6.07) is 10.9. The lowest BCUT2D eigenvalue weighted by Gasteiger charge is -2.25. The van der Waals surface area contributed by atoms with E-state index < -0.39 is 5.92 Å². The topological polar surface area (TPSA) is 57.9 Å². The molecule has 0 aliphatic carbocycles. The Morgan fingerprint density at radius 1 is 1.08 bits per heavy atom. The summed E-state index contributed by atoms with van der Waals surface area (Å²) in [5.74, 6) is 1.46. The molecule has 0 spiro atoms. The Morgan fingerprint density at radius 3 is 2.75 bits per heavy atom. The van der Waals surface area contributed by atoms with Gasteiger partial charge in [-0.2, -0.15) is 0 Å². The average molecular weight is 324 g/mol. The molecule has 1 aromatic heterocycles. The normalized spacial score (nSPS) is 16.6. The quantitative estimate of drug-likeness (QED) is 0.733. The molecule has 4 rings (SSSR count). The van der Waals surface area contributed by atoms with E-state index in [2.05, 4.69) is 0 Å². The minimum absolute atomic E-state index is 0.0165. The summed E-state index contributed by atoms with van der Waals surface area (Å²) in [5, 5.41) is 0.882. The van der Waals surface area contributed by atoms with Gasteiger partial charge in [-0.1, -0.05) is 6.07 Å². The van der Waals surface area contributed by atoms with Gasteiger partial charge in [-0.15, -0.1) is 0 Å². The van der Waals surface area contributed by atoms with E-state index in [9.17, 15) is 4.79 Å². The highest BCUT2D eigenvalue weighted by molar-refractivity contribution is 6.07. The number of furan rings is 1. The Balaban J connectivity index is 1.77. The van der Waals surface area contributed by atoms with Crippen molar-refractivity contribution in [2.45, 2.75) is 5.92 Å². The van der Waals surface area contributed by atoms with Crippen molar-refractivity contribution < 1.29 is 23.4 Å². The zero-order valence-corrected chi connectivity index (χ0v) is 13.4. The second-order valence-corrected chi connectivity index (χ2v) is 5.64. The first-order chi connectivity index (χ1) is 11.7. The number of methoxy groups -OCH3 is 2. The lowest BCUT2D eigenvalue weighted by Crippen LogP contribution is -2.26. The van der Waals surface area contributed by atoms with Crippen molar-refractivity contribution in [2.75, 3.05) is 20.8 Å². The number of rotatable bonds is 3. The number of hydrogen-bond donors (Lipinski definition) is 0. The Kier molecular flexibility index (Phi) is 3.41. The lowest BCUT2D eigenvalue weighted by atomic mass is 9.88. The summed E-state index contributed by atoms with van der Waals surface area (Å²) in [6.07, 6.45) is 1.60. The van der Waals surface area contributed by atoms with Crippen molar-refractivity contribution in [3.8, 4) is 17.2 Å². The van der Waals surface area contributed by atoms with E-state index in [4.69, 9.17) is 18.6 Å². The predicted octanol–water partition coefficient (Wildman–Crippen LogP) is 3.81. The van der Waals surface area contributed by atoms with E-state index in [0.717, 1.165) is 10.9 Å². The molecule has 0 N–H and O–H groups in total. The molecule has 0 unspecified atom stereocenters. The zero-order valence-electron chi connectivity index (χ0n) is 13.4. The highest BCUT2D eigenvalue weighted by atomic mass is 16.5. The summed E-state index contributed by atoms with van der Waals surface area (Å²) in [7, 11) is 3.17. The SMILES string of the molecule is COc1ccc([C@@H]2COc3cc4occc4cc3C2=O)c(OC)c1. The van der Waals surface area contributed by atoms with Gasteiger partial charge >= 0.3 is 0 Å². The van der Waals surface area contributed by atoms with Crippen molar-refractivity contribution in [1.82, 2.24) is 0 Å². The van der Waals surface area contributed by atoms with Crippen LogP contribution in [0.1, 0.15) is 21.8 Å². The van der Waals surface area contributed by atoms with E-state index in [1.165, 1.54) is 0 Å². The Bertz CT molecular complexity index is 925. The van der Waals surface area contributed by atoms with Gasteiger partial charge in [0.05, 0.1) is 32.0 Å². The van der Waals surface area contributed by atoms with Crippen molar-refractivity contribution in [3.05, 3.63) is 53.8 Å². The zero-order chi connectivity index (χ0) is 16.7. The molecule has 0 radical (unpaired) electrons. The van der Waals surface area contributed by atoms with Crippen LogP contribution in [0.2, 0.25) is 0 Å². The van der Waals surface area contributed by atoms with E-state index in [-0.39, 0.29) is 12.4 Å². The van der Waals surface area contributed by atoms with Crippen LogP contribution in [0.3, 0.4) is 0 Å².